The lowest BCUT2D eigenvalue weighted by molar-refractivity contribution is -0.133. The van der Waals surface area contributed by atoms with E-state index < -0.39 is 5.54 Å². The minimum absolute atomic E-state index is 0.0162. The molecule has 4 rings (SSSR count). The van der Waals surface area contributed by atoms with Crippen LogP contribution in [0.15, 0.2) is 35.7 Å². The Kier molecular flexibility index (Phi) is 7.63. The Hall–Kier alpha value is -2.78. The minimum Gasteiger partial charge on any atom is -0.454 e. The monoisotopic (exact) mass is 487 g/mol. The van der Waals surface area contributed by atoms with Crippen LogP contribution in [0.2, 0.25) is 0 Å². The van der Waals surface area contributed by atoms with Gasteiger partial charge in [-0.25, -0.2) is 4.79 Å². The van der Waals surface area contributed by atoms with Gasteiger partial charge in [-0.15, -0.1) is 11.3 Å². The molecule has 0 bridgehead atoms. The van der Waals surface area contributed by atoms with Crippen LogP contribution in [0.4, 0.5) is 4.79 Å². The summed E-state index contributed by atoms with van der Waals surface area (Å²) in [7, 11) is 0. The van der Waals surface area contributed by atoms with E-state index in [1.54, 1.807) is 21.1 Å². The number of urea groups is 1. The van der Waals surface area contributed by atoms with Gasteiger partial charge in [0, 0.05) is 30.1 Å². The van der Waals surface area contributed by atoms with Crippen molar-refractivity contribution in [2.45, 2.75) is 58.3 Å². The summed E-state index contributed by atoms with van der Waals surface area (Å²) in [6.45, 7) is 7.95. The van der Waals surface area contributed by atoms with Crippen LogP contribution in [-0.2, 0) is 22.6 Å². The van der Waals surface area contributed by atoms with Crippen LogP contribution in [0.25, 0.3) is 0 Å². The molecule has 3 amide bonds. The summed E-state index contributed by atoms with van der Waals surface area (Å²) in [5.41, 5.74) is 0.539. The van der Waals surface area contributed by atoms with Crippen LogP contribution >= 0.6 is 11.3 Å². The predicted octanol–water partition coefficient (Wildman–Crippen LogP) is 3.99. The quantitative estimate of drug-likeness (QED) is 0.609. The molecule has 1 aromatic carbocycles. The fourth-order valence-electron chi connectivity index (χ4n) is 4.00. The maximum absolute atomic E-state index is 13.6. The number of hydrogen-bond acceptors (Lipinski definition) is 6. The first kappa shape index (κ1) is 24.3. The third-order valence-electron chi connectivity index (χ3n) is 5.63. The molecule has 9 heteroatoms. The van der Waals surface area contributed by atoms with Crippen molar-refractivity contribution in [3.63, 3.8) is 0 Å². The van der Waals surface area contributed by atoms with Crippen LogP contribution < -0.4 is 14.8 Å². The lowest BCUT2D eigenvalue weighted by atomic mass is 10.1. The van der Waals surface area contributed by atoms with Gasteiger partial charge in [-0.05, 0) is 62.8 Å². The van der Waals surface area contributed by atoms with Crippen molar-refractivity contribution in [1.82, 2.24) is 15.1 Å². The summed E-state index contributed by atoms with van der Waals surface area (Å²) in [5.74, 6) is 1.28. The number of benzene rings is 1. The molecule has 0 spiro atoms. The number of nitrogens with zero attached hydrogens (tertiary/aromatic N) is 2. The highest BCUT2D eigenvalue weighted by atomic mass is 32.1. The molecule has 0 aliphatic carbocycles. The van der Waals surface area contributed by atoms with E-state index in [0.29, 0.717) is 37.7 Å². The largest absolute Gasteiger partial charge is 0.454 e. The molecule has 2 aliphatic heterocycles. The molecule has 0 radical (unpaired) electrons. The molecule has 2 aromatic rings. The maximum Gasteiger partial charge on any atom is 0.318 e. The molecule has 184 valence electrons. The van der Waals surface area contributed by atoms with Gasteiger partial charge in [0.15, 0.2) is 11.5 Å². The Morgan fingerprint density at radius 3 is 2.65 bits per heavy atom. The Morgan fingerprint density at radius 1 is 1.12 bits per heavy atom. The summed E-state index contributed by atoms with van der Waals surface area (Å²) < 4.78 is 16.7. The van der Waals surface area contributed by atoms with Gasteiger partial charge < -0.3 is 29.3 Å². The topological polar surface area (TPSA) is 80.3 Å². The van der Waals surface area contributed by atoms with Crippen molar-refractivity contribution in [2.24, 2.45) is 0 Å². The first-order chi connectivity index (χ1) is 16.3. The van der Waals surface area contributed by atoms with Crippen molar-refractivity contribution in [3.8, 4) is 11.5 Å². The molecule has 1 unspecified atom stereocenters. The second-order valence-electron chi connectivity index (χ2n) is 9.71. The van der Waals surface area contributed by atoms with Crippen molar-refractivity contribution in [1.29, 1.82) is 0 Å². The van der Waals surface area contributed by atoms with Gasteiger partial charge in [0.25, 0.3) is 0 Å². The van der Waals surface area contributed by atoms with Gasteiger partial charge in [0.1, 0.15) is 6.54 Å². The van der Waals surface area contributed by atoms with Crippen LogP contribution in [0, 0.1) is 0 Å². The van der Waals surface area contributed by atoms with E-state index in [9.17, 15) is 9.59 Å². The van der Waals surface area contributed by atoms with Gasteiger partial charge in [0.2, 0.25) is 12.7 Å². The second-order valence-corrected chi connectivity index (χ2v) is 10.7. The van der Waals surface area contributed by atoms with E-state index in [1.165, 1.54) is 0 Å². The van der Waals surface area contributed by atoms with Crippen molar-refractivity contribution in [2.75, 3.05) is 26.5 Å². The Morgan fingerprint density at radius 2 is 1.94 bits per heavy atom. The normalized spacial score (nSPS) is 17.0. The highest BCUT2D eigenvalue weighted by Crippen LogP contribution is 2.33. The zero-order chi connectivity index (χ0) is 24.1. The van der Waals surface area contributed by atoms with E-state index in [2.05, 4.69) is 5.32 Å². The number of ether oxygens (including phenoxy) is 3. The van der Waals surface area contributed by atoms with Crippen LogP contribution in [0.3, 0.4) is 0 Å². The molecule has 1 fully saturated rings. The Balaban J connectivity index is 1.50. The third-order valence-corrected chi connectivity index (χ3v) is 6.49. The molecule has 1 N–H and O–H groups in total. The molecule has 2 aliphatic rings. The Labute approximate surface area is 204 Å². The SMILES string of the molecule is CC(C)(C)NC(=O)N(CC(=O)N(Cc1ccc2c(c1)OCO2)Cc1cccs1)CC1CCCO1. The standard InChI is InChI=1S/C25H33N3O5S/c1-25(2,3)26-24(30)28(14-19-6-4-10-31-19)16-23(29)27(15-20-7-5-11-34-20)13-18-8-9-21-22(12-18)33-17-32-21/h5,7-9,11-12,19H,4,6,10,13-17H2,1-3H3,(H,26,30). The number of amides is 3. The second kappa shape index (κ2) is 10.7. The number of hydrogen-bond donors (Lipinski definition) is 1. The average molecular weight is 488 g/mol. The lowest BCUT2D eigenvalue weighted by Gasteiger charge is -2.31. The highest BCUT2D eigenvalue weighted by Gasteiger charge is 2.28. The summed E-state index contributed by atoms with van der Waals surface area (Å²) >= 11 is 1.61. The summed E-state index contributed by atoms with van der Waals surface area (Å²) in [6.07, 6.45) is 1.82. The maximum atomic E-state index is 13.6. The highest BCUT2D eigenvalue weighted by molar-refractivity contribution is 7.09. The number of carbonyl (C=O) groups is 2. The summed E-state index contributed by atoms with van der Waals surface area (Å²) in [6, 6.07) is 9.46. The zero-order valence-corrected chi connectivity index (χ0v) is 20.9. The minimum atomic E-state index is -0.405. The van der Waals surface area contributed by atoms with Crippen molar-refractivity contribution in [3.05, 3.63) is 46.2 Å². The fourth-order valence-corrected chi connectivity index (χ4v) is 4.72. The van der Waals surface area contributed by atoms with Crippen molar-refractivity contribution >= 4 is 23.3 Å². The van der Waals surface area contributed by atoms with Crippen LogP contribution in [-0.4, -0.2) is 59.9 Å². The zero-order valence-electron chi connectivity index (χ0n) is 20.0. The van der Waals surface area contributed by atoms with Crippen molar-refractivity contribution < 1.29 is 23.8 Å². The smallest absolute Gasteiger partial charge is 0.318 e. The van der Waals surface area contributed by atoms with E-state index in [-0.39, 0.29) is 31.4 Å². The lowest BCUT2D eigenvalue weighted by Crippen LogP contribution is -2.53. The van der Waals surface area contributed by atoms with Gasteiger partial charge in [0.05, 0.1) is 12.6 Å². The van der Waals surface area contributed by atoms with Crippen LogP contribution in [0.1, 0.15) is 44.1 Å². The van der Waals surface area contributed by atoms with E-state index in [4.69, 9.17) is 14.2 Å². The van der Waals surface area contributed by atoms with Crippen LogP contribution in [0.5, 0.6) is 11.5 Å². The fraction of sp³-hybridized carbons (Fsp3) is 0.520. The molecular weight excluding hydrogens is 454 g/mol. The number of fused-ring (bicyclic) bond motifs is 1. The molecule has 8 nitrogen and oxygen atoms in total. The predicted molar refractivity (Wildman–Crippen MR) is 130 cm³/mol. The molecule has 1 saturated heterocycles. The van der Waals surface area contributed by atoms with Gasteiger partial charge >= 0.3 is 6.03 Å². The van der Waals surface area contributed by atoms with E-state index in [1.807, 2.05) is 56.5 Å². The van der Waals surface area contributed by atoms with Gasteiger partial charge in [-0.3, -0.25) is 4.79 Å². The van der Waals surface area contributed by atoms with Gasteiger partial charge in [-0.1, -0.05) is 12.1 Å². The molecule has 1 aromatic heterocycles. The third kappa shape index (κ3) is 6.64. The first-order valence-electron chi connectivity index (χ1n) is 11.6. The number of carbonyl (C=O) groups excluding carboxylic acids is 2. The van der Waals surface area contributed by atoms with Gasteiger partial charge in [-0.2, -0.15) is 0 Å². The molecule has 34 heavy (non-hydrogen) atoms. The Bertz CT molecular complexity index is 983. The molecular formula is C25H33N3O5S. The number of nitrogens with one attached hydrogen (secondary N) is 1. The summed E-state index contributed by atoms with van der Waals surface area (Å²) in [5, 5.41) is 4.99. The first-order valence-corrected chi connectivity index (χ1v) is 12.5. The van der Waals surface area contributed by atoms with E-state index in [0.717, 1.165) is 23.3 Å². The number of rotatable bonds is 8. The average Bonchev–Trinajstić information content (AvgIpc) is 3.54. The van der Waals surface area contributed by atoms with E-state index >= 15 is 0 Å². The molecule has 1 atom stereocenters. The summed E-state index contributed by atoms with van der Waals surface area (Å²) in [4.78, 5) is 31.1. The number of thiophene rings is 1. The molecule has 0 saturated carbocycles. The molecule has 3 heterocycles.